The van der Waals surface area contributed by atoms with E-state index in [-0.39, 0.29) is 6.79 Å². The molecule has 3 rings (SSSR count). The molecule has 0 radical (unpaired) electrons. The van der Waals surface area contributed by atoms with Crippen LogP contribution in [0.1, 0.15) is 11.1 Å². The molecule has 2 aromatic rings. The van der Waals surface area contributed by atoms with Crippen LogP contribution in [0.3, 0.4) is 0 Å². The number of halogens is 3. The minimum absolute atomic E-state index is 0.207. The van der Waals surface area contributed by atoms with Gasteiger partial charge < -0.3 is 9.47 Å². The quantitative estimate of drug-likeness (QED) is 0.947. The fourth-order valence-corrected chi connectivity index (χ4v) is 1.96. The zero-order chi connectivity index (χ0) is 14.9. The fourth-order valence-electron chi connectivity index (χ4n) is 1.96. The van der Waals surface area contributed by atoms with Crippen LogP contribution in [0.2, 0.25) is 0 Å². The minimum atomic E-state index is -4.34. The van der Waals surface area contributed by atoms with Crippen molar-refractivity contribution < 1.29 is 27.6 Å². The van der Waals surface area contributed by atoms with Gasteiger partial charge in [-0.05, 0) is 23.8 Å². The average Bonchev–Trinajstić information content (AvgIpc) is 2.92. The van der Waals surface area contributed by atoms with Gasteiger partial charge in [0.05, 0.1) is 5.56 Å². The monoisotopic (exact) mass is 297 g/mol. The highest BCUT2D eigenvalue weighted by Gasteiger charge is 2.31. The van der Waals surface area contributed by atoms with E-state index >= 15 is 0 Å². The molecule has 1 aromatic heterocycles. The van der Waals surface area contributed by atoms with Crippen LogP contribution in [-0.2, 0) is 12.7 Å². The Morgan fingerprint density at radius 2 is 1.90 bits per heavy atom. The van der Waals surface area contributed by atoms with E-state index in [1.165, 1.54) is 6.07 Å². The van der Waals surface area contributed by atoms with Gasteiger partial charge in [0.1, 0.15) is 12.7 Å². The lowest BCUT2D eigenvalue weighted by molar-refractivity contribution is -0.364. The van der Waals surface area contributed by atoms with Gasteiger partial charge in [0.2, 0.25) is 6.79 Å². The number of pyridine rings is 1. The zero-order valence-corrected chi connectivity index (χ0v) is 10.8. The molecule has 1 aromatic carbocycles. The number of H-pyrrole nitrogens is 1. The number of alkyl halides is 3. The van der Waals surface area contributed by atoms with Crippen LogP contribution in [0.4, 0.5) is 19.0 Å². The molecule has 0 spiro atoms. The van der Waals surface area contributed by atoms with Crippen molar-refractivity contribution in [2.45, 2.75) is 12.7 Å². The van der Waals surface area contributed by atoms with Crippen molar-refractivity contribution in [2.24, 2.45) is 0 Å². The maximum Gasteiger partial charge on any atom is 0.419 e. The third kappa shape index (κ3) is 3.01. The number of rotatable bonds is 3. The molecule has 0 amide bonds. The van der Waals surface area contributed by atoms with Crippen LogP contribution in [0, 0.1) is 0 Å². The predicted octanol–water partition coefficient (Wildman–Crippen LogP) is 2.86. The van der Waals surface area contributed by atoms with Gasteiger partial charge >= 0.3 is 6.18 Å². The summed E-state index contributed by atoms with van der Waals surface area (Å²) >= 11 is 0. The van der Waals surface area contributed by atoms with Gasteiger partial charge in [0.15, 0.2) is 11.5 Å². The average molecular weight is 297 g/mol. The van der Waals surface area contributed by atoms with Gasteiger partial charge in [-0.25, -0.2) is 4.98 Å². The molecule has 0 atom stereocenters. The second-order valence-electron chi connectivity index (χ2n) is 4.53. The highest BCUT2D eigenvalue weighted by atomic mass is 19.4. The number of nitrogens with one attached hydrogen (secondary N) is 2. The highest BCUT2D eigenvalue weighted by Crippen LogP contribution is 2.32. The van der Waals surface area contributed by atoms with Crippen LogP contribution in [0.25, 0.3) is 0 Å². The first kappa shape index (κ1) is 13.5. The van der Waals surface area contributed by atoms with Crippen LogP contribution < -0.4 is 19.8 Å². The van der Waals surface area contributed by atoms with Crippen LogP contribution in [-0.4, -0.2) is 6.79 Å². The first-order valence-corrected chi connectivity index (χ1v) is 6.24. The standard InChI is InChI=1S/C14H11F3N2O2/c15-14(16,17)10-2-4-13(19-7-10)18-6-9-1-3-11-12(5-9)21-8-20-11/h1-5,7H,6,8H2,(H,18,19)/p+1. The number of fused-ring (bicyclic) bond motifs is 1. The third-order valence-corrected chi connectivity index (χ3v) is 3.06. The number of aromatic nitrogens is 1. The molecule has 21 heavy (non-hydrogen) atoms. The molecule has 1 aliphatic rings. The molecule has 1 aliphatic heterocycles. The summed E-state index contributed by atoms with van der Waals surface area (Å²) in [5.74, 6) is 1.87. The first-order valence-electron chi connectivity index (χ1n) is 6.24. The molecule has 0 unspecified atom stereocenters. The normalized spacial score (nSPS) is 13.3. The molecule has 0 saturated heterocycles. The minimum Gasteiger partial charge on any atom is -0.454 e. The number of hydrogen-bond donors (Lipinski definition) is 1. The summed E-state index contributed by atoms with van der Waals surface area (Å²) in [7, 11) is 0. The summed E-state index contributed by atoms with van der Waals surface area (Å²) in [6.45, 7) is 0.664. The Labute approximate surface area is 118 Å². The molecule has 2 heterocycles. The number of anilines is 1. The van der Waals surface area contributed by atoms with Crippen molar-refractivity contribution in [2.75, 3.05) is 12.1 Å². The summed E-state index contributed by atoms with van der Waals surface area (Å²) in [5, 5.41) is 3.01. The Morgan fingerprint density at radius 3 is 2.62 bits per heavy atom. The van der Waals surface area contributed by atoms with E-state index in [1.807, 2.05) is 12.1 Å². The summed E-state index contributed by atoms with van der Waals surface area (Å²) in [6.07, 6.45) is -3.41. The molecule has 110 valence electrons. The lowest BCUT2D eigenvalue weighted by atomic mass is 10.2. The molecule has 4 nitrogen and oxygen atoms in total. The van der Waals surface area contributed by atoms with Crippen LogP contribution in [0.15, 0.2) is 36.5 Å². The maximum absolute atomic E-state index is 12.4. The number of benzene rings is 1. The summed E-state index contributed by atoms with van der Waals surface area (Å²) < 4.78 is 47.8. The Hall–Kier alpha value is -2.44. The number of ether oxygens (including phenoxy) is 2. The Balaban J connectivity index is 1.65. The Kier molecular flexibility index (Phi) is 3.32. The summed E-state index contributed by atoms with van der Waals surface area (Å²) in [6, 6.07) is 7.88. The van der Waals surface area contributed by atoms with E-state index in [4.69, 9.17) is 9.47 Å². The number of aromatic amines is 1. The maximum atomic E-state index is 12.4. The second kappa shape index (κ2) is 5.16. The molecule has 0 fully saturated rings. The van der Waals surface area contributed by atoms with E-state index in [0.717, 1.165) is 17.8 Å². The molecule has 7 heteroatoms. The van der Waals surface area contributed by atoms with Crippen molar-refractivity contribution in [3.8, 4) is 11.5 Å². The molecule has 0 saturated carbocycles. The largest absolute Gasteiger partial charge is 0.454 e. The first-order chi connectivity index (χ1) is 10.0. The van der Waals surface area contributed by atoms with E-state index in [1.54, 1.807) is 6.07 Å². The second-order valence-corrected chi connectivity index (χ2v) is 4.53. The molecule has 2 N–H and O–H groups in total. The molecular formula is C14H12F3N2O2+. The van der Waals surface area contributed by atoms with Gasteiger partial charge in [-0.2, -0.15) is 13.2 Å². The van der Waals surface area contributed by atoms with Crippen molar-refractivity contribution in [3.05, 3.63) is 47.7 Å². The van der Waals surface area contributed by atoms with Crippen LogP contribution in [0.5, 0.6) is 11.5 Å². The highest BCUT2D eigenvalue weighted by molar-refractivity contribution is 5.45. The van der Waals surface area contributed by atoms with E-state index < -0.39 is 11.7 Å². The third-order valence-electron chi connectivity index (χ3n) is 3.06. The topological polar surface area (TPSA) is 44.6 Å². The van der Waals surface area contributed by atoms with Gasteiger partial charge in [-0.1, -0.05) is 6.07 Å². The SMILES string of the molecule is FC(F)(F)c1ccc(NCc2ccc3c(c2)OCO3)[nH+]c1. The van der Waals surface area contributed by atoms with E-state index in [0.29, 0.717) is 23.9 Å². The fraction of sp³-hybridized carbons (Fsp3) is 0.214. The number of hydrogen-bond acceptors (Lipinski definition) is 3. The van der Waals surface area contributed by atoms with E-state index in [2.05, 4.69) is 10.3 Å². The van der Waals surface area contributed by atoms with Crippen molar-refractivity contribution in [1.82, 2.24) is 0 Å². The van der Waals surface area contributed by atoms with Crippen LogP contribution >= 0.6 is 0 Å². The lowest BCUT2D eigenvalue weighted by Crippen LogP contribution is -2.16. The predicted molar refractivity (Wildman–Crippen MR) is 67.9 cm³/mol. The zero-order valence-electron chi connectivity index (χ0n) is 10.8. The summed E-state index contributed by atoms with van der Waals surface area (Å²) in [5.41, 5.74) is 0.226. The van der Waals surface area contributed by atoms with E-state index in [9.17, 15) is 13.2 Å². The van der Waals surface area contributed by atoms with Gasteiger partial charge in [0, 0.05) is 6.07 Å². The van der Waals surface area contributed by atoms with Crippen molar-refractivity contribution in [1.29, 1.82) is 0 Å². The molecule has 0 aliphatic carbocycles. The molecular weight excluding hydrogens is 285 g/mol. The summed E-state index contributed by atoms with van der Waals surface area (Å²) in [4.78, 5) is 2.58. The smallest absolute Gasteiger partial charge is 0.419 e. The van der Waals surface area contributed by atoms with Crippen molar-refractivity contribution in [3.63, 3.8) is 0 Å². The van der Waals surface area contributed by atoms with Gasteiger partial charge in [0.25, 0.3) is 5.82 Å². The Morgan fingerprint density at radius 1 is 1.10 bits per heavy atom. The molecule has 0 bridgehead atoms. The van der Waals surface area contributed by atoms with Crippen molar-refractivity contribution >= 4 is 5.82 Å². The van der Waals surface area contributed by atoms with Gasteiger partial charge in [-0.15, -0.1) is 0 Å². The van der Waals surface area contributed by atoms with Gasteiger partial charge in [-0.3, -0.25) is 5.32 Å². The lowest BCUT2D eigenvalue weighted by Gasteiger charge is -2.05. The Bertz CT molecular complexity index is 642.